The zero-order valence-corrected chi connectivity index (χ0v) is 12.2. The molecule has 0 bridgehead atoms. The number of amides is 1. The molecule has 1 saturated heterocycles. The van der Waals surface area contributed by atoms with Gasteiger partial charge in [-0.1, -0.05) is 26.7 Å². The molecule has 0 aromatic carbocycles. The van der Waals surface area contributed by atoms with Gasteiger partial charge in [-0.25, -0.2) is 0 Å². The van der Waals surface area contributed by atoms with Crippen LogP contribution in [0.1, 0.15) is 52.9 Å². The summed E-state index contributed by atoms with van der Waals surface area (Å²) in [5, 5.41) is 9.25. The molecular formula is C15H25NO3. The number of carbonyl (C=O) groups is 2. The Morgan fingerprint density at radius 3 is 2.32 bits per heavy atom. The minimum atomic E-state index is -0.790. The molecule has 4 heteroatoms. The fourth-order valence-corrected chi connectivity index (χ4v) is 3.54. The van der Waals surface area contributed by atoms with Crippen molar-refractivity contribution >= 4 is 11.9 Å². The maximum absolute atomic E-state index is 12.7. The van der Waals surface area contributed by atoms with Crippen LogP contribution in [0.15, 0.2) is 0 Å². The van der Waals surface area contributed by atoms with Crippen molar-refractivity contribution in [2.45, 2.75) is 52.9 Å². The van der Waals surface area contributed by atoms with E-state index in [-0.39, 0.29) is 11.3 Å². The van der Waals surface area contributed by atoms with E-state index in [0.29, 0.717) is 25.4 Å². The Hall–Kier alpha value is -1.06. The maximum Gasteiger partial charge on any atom is 0.311 e. The van der Waals surface area contributed by atoms with Crippen LogP contribution in [-0.4, -0.2) is 35.0 Å². The molecule has 1 saturated carbocycles. The Kier molecular flexibility index (Phi) is 3.63. The second kappa shape index (κ2) is 4.80. The minimum Gasteiger partial charge on any atom is -0.481 e. The first-order chi connectivity index (χ1) is 8.77. The van der Waals surface area contributed by atoms with E-state index in [4.69, 9.17) is 0 Å². The monoisotopic (exact) mass is 267 g/mol. The van der Waals surface area contributed by atoms with Crippen LogP contribution >= 0.6 is 0 Å². The average Bonchev–Trinajstić information content (AvgIpc) is 2.97. The Morgan fingerprint density at radius 1 is 1.26 bits per heavy atom. The Labute approximate surface area is 115 Å². The van der Waals surface area contributed by atoms with Gasteiger partial charge >= 0.3 is 5.97 Å². The summed E-state index contributed by atoms with van der Waals surface area (Å²) in [6, 6.07) is 0. The third-order valence-corrected chi connectivity index (χ3v) is 5.20. The predicted octanol–water partition coefficient (Wildman–Crippen LogP) is 2.53. The number of likely N-dealkylation sites (tertiary alicyclic amines) is 1. The van der Waals surface area contributed by atoms with E-state index in [9.17, 15) is 14.7 Å². The minimum absolute atomic E-state index is 0.143. The number of hydrogen-bond acceptors (Lipinski definition) is 2. The van der Waals surface area contributed by atoms with Crippen LogP contribution in [-0.2, 0) is 9.59 Å². The van der Waals surface area contributed by atoms with Gasteiger partial charge in [0.25, 0.3) is 0 Å². The molecule has 2 fully saturated rings. The Morgan fingerprint density at radius 2 is 1.84 bits per heavy atom. The third-order valence-electron chi connectivity index (χ3n) is 5.20. The highest BCUT2D eigenvalue weighted by molar-refractivity contribution is 5.84. The van der Waals surface area contributed by atoms with Crippen LogP contribution in [0, 0.1) is 16.7 Å². The van der Waals surface area contributed by atoms with E-state index >= 15 is 0 Å². The van der Waals surface area contributed by atoms with Gasteiger partial charge < -0.3 is 10.0 Å². The van der Waals surface area contributed by atoms with Gasteiger partial charge in [-0.3, -0.25) is 9.59 Å². The fraction of sp³-hybridized carbons (Fsp3) is 0.867. The number of carboxylic acids is 1. The lowest BCUT2D eigenvalue weighted by Crippen LogP contribution is -2.44. The molecule has 19 heavy (non-hydrogen) atoms. The molecule has 2 rings (SSSR count). The van der Waals surface area contributed by atoms with E-state index in [1.165, 1.54) is 12.8 Å². The van der Waals surface area contributed by atoms with Crippen LogP contribution in [0.2, 0.25) is 0 Å². The second-order valence-electron chi connectivity index (χ2n) is 7.05. The summed E-state index contributed by atoms with van der Waals surface area (Å²) in [7, 11) is 0. The molecular weight excluding hydrogens is 242 g/mol. The molecule has 4 nitrogen and oxygen atoms in total. The highest BCUT2D eigenvalue weighted by atomic mass is 16.4. The number of aliphatic carboxylic acids is 1. The predicted molar refractivity (Wildman–Crippen MR) is 72.7 cm³/mol. The van der Waals surface area contributed by atoms with Crippen molar-refractivity contribution in [2.75, 3.05) is 13.1 Å². The molecule has 0 aromatic heterocycles. The van der Waals surface area contributed by atoms with Crippen molar-refractivity contribution in [3.05, 3.63) is 0 Å². The van der Waals surface area contributed by atoms with E-state index in [0.717, 1.165) is 12.8 Å². The van der Waals surface area contributed by atoms with Crippen LogP contribution in [0.5, 0.6) is 0 Å². The fourth-order valence-electron chi connectivity index (χ4n) is 3.54. The third kappa shape index (κ3) is 2.49. The van der Waals surface area contributed by atoms with Crippen LogP contribution in [0.25, 0.3) is 0 Å². The van der Waals surface area contributed by atoms with Gasteiger partial charge in [-0.05, 0) is 32.1 Å². The summed E-state index contributed by atoms with van der Waals surface area (Å²) in [6.45, 7) is 6.74. The summed E-state index contributed by atoms with van der Waals surface area (Å²) < 4.78 is 0. The zero-order chi connectivity index (χ0) is 14.3. The summed E-state index contributed by atoms with van der Waals surface area (Å²) in [5.74, 6) is -0.192. The van der Waals surface area contributed by atoms with Crippen molar-refractivity contribution in [3.63, 3.8) is 0 Å². The van der Waals surface area contributed by atoms with Crippen molar-refractivity contribution in [3.8, 4) is 0 Å². The lowest BCUT2D eigenvalue weighted by Gasteiger charge is -2.34. The second-order valence-corrected chi connectivity index (χ2v) is 7.05. The quantitative estimate of drug-likeness (QED) is 0.855. The molecule has 0 radical (unpaired) electrons. The van der Waals surface area contributed by atoms with Gasteiger partial charge in [0, 0.05) is 18.5 Å². The molecule has 1 atom stereocenters. The topological polar surface area (TPSA) is 57.6 Å². The largest absolute Gasteiger partial charge is 0.481 e. The van der Waals surface area contributed by atoms with Crippen molar-refractivity contribution in [1.82, 2.24) is 4.90 Å². The first-order valence-electron chi connectivity index (χ1n) is 7.30. The van der Waals surface area contributed by atoms with Gasteiger partial charge in [0.05, 0.1) is 5.41 Å². The molecule has 1 heterocycles. The van der Waals surface area contributed by atoms with Crippen LogP contribution < -0.4 is 0 Å². The lowest BCUT2D eigenvalue weighted by atomic mass is 9.76. The number of rotatable bonds is 3. The lowest BCUT2D eigenvalue weighted by molar-refractivity contribution is -0.148. The SMILES string of the molecule is CC1(C(=O)O)CCN(C(=O)C(C)(C)C2CCCC2)C1. The average molecular weight is 267 g/mol. The van der Waals surface area contributed by atoms with Crippen molar-refractivity contribution in [2.24, 2.45) is 16.7 Å². The molecule has 108 valence electrons. The van der Waals surface area contributed by atoms with Gasteiger partial charge in [-0.2, -0.15) is 0 Å². The highest BCUT2D eigenvalue weighted by Crippen LogP contribution is 2.42. The molecule has 0 aromatic rings. The first-order valence-corrected chi connectivity index (χ1v) is 7.30. The molecule has 1 aliphatic carbocycles. The normalized spacial score (nSPS) is 28.9. The van der Waals surface area contributed by atoms with Gasteiger partial charge in [0.2, 0.25) is 5.91 Å². The molecule has 1 aliphatic heterocycles. The van der Waals surface area contributed by atoms with E-state index in [2.05, 4.69) is 0 Å². The van der Waals surface area contributed by atoms with Crippen LogP contribution in [0.4, 0.5) is 0 Å². The van der Waals surface area contributed by atoms with Gasteiger partial charge in [0.1, 0.15) is 0 Å². The van der Waals surface area contributed by atoms with E-state index in [1.54, 1.807) is 11.8 Å². The van der Waals surface area contributed by atoms with Crippen LogP contribution in [0.3, 0.4) is 0 Å². The zero-order valence-electron chi connectivity index (χ0n) is 12.2. The standard InChI is InChI=1S/C15H25NO3/c1-14(2,11-6-4-5-7-11)12(17)16-9-8-15(3,10-16)13(18)19/h11H,4-10H2,1-3H3,(H,18,19). The van der Waals surface area contributed by atoms with E-state index in [1.807, 2.05) is 13.8 Å². The molecule has 2 aliphatic rings. The highest BCUT2D eigenvalue weighted by Gasteiger charge is 2.47. The van der Waals surface area contributed by atoms with Gasteiger partial charge in [0.15, 0.2) is 0 Å². The maximum atomic E-state index is 12.7. The summed E-state index contributed by atoms with van der Waals surface area (Å²) in [5.41, 5.74) is -1.11. The van der Waals surface area contributed by atoms with E-state index < -0.39 is 11.4 Å². The summed E-state index contributed by atoms with van der Waals surface area (Å²) in [6.07, 6.45) is 5.25. The van der Waals surface area contributed by atoms with Gasteiger partial charge in [-0.15, -0.1) is 0 Å². The Bertz CT molecular complexity index is 385. The summed E-state index contributed by atoms with van der Waals surface area (Å²) in [4.78, 5) is 25.7. The summed E-state index contributed by atoms with van der Waals surface area (Å²) >= 11 is 0. The molecule has 0 spiro atoms. The number of carbonyl (C=O) groups excluding carboxylic acids is 1. The smallest absolute Gasteiger partial charge is 0.311 e. The number of hydrogen-bond donors (Lipinski definition) is 1. The Balaban J connectivity index is 2.06. The molecule has 1 amide bonds. The number of nitrogens with zero attached hydrogens (tertiary/aromatic N) is 1. The molecule has 1 N–H and O–H groups in total. The van der Waals surface area contributed by atoms with Crippen molar-refractivity contribution in [1.29, 1.82) is 0 Å². The number of carboxylic acid groups (broad SMARTS) is 1. The molecule has 1 unspecified atom stereocenters. The van der Waals surface area contributed by atoms with Crippen molar-refractivity contribution < 1.29 is 14.7 Å². The first kappa shape index (κ1) is 14.4.